The van der Waals surface area contributed by atoms with Crippen molar-refractivity contribution in [1.29, 1.82) is 0 Å². The molecule has 1 saturated heterocycles. The summed E-state index contributed by atoms with van der Waals surface area (Å²) in [5.41, 5.74) is 4.26. The Morgan fingerprint density at radius 2 is 1.97 bits per heavy atom. The smallest absolute Gasteiger partial charge is 0.152 e. The molecule has 0 saturated carbocycles. The van der Waals surface area contributed by atoms with Crippen molar-refractivity contribution in [2.45, 2.75) is 19.4 Å². The average molecular weight is 457 g/mol. The third kappa shape index (κ3) is 5.54. The fourth-order valence-electron chi connectivity index (χ4n) is 3.71. The monoisotopic (exact) mass is 456 g/mol. The number of nitrogens with one attached hydrogen (secondary N) is 1. The highest BCUT2D eigenvalue weighted by molar-refractivity contribution is 6.33. The Morgan fingerprint density at radius 1 is 1.12 bits per heavy atom. The van der Waals surface area contributed by atoms with Gasteiger partial charge in [0.05, 0.1) is 23.9 Å². The summed E-state index contributed by atoms with van der Waals surface area (Å²) >= 11 is 6.47. The SMILES string of the molecule is OCCCc1cc(-c2cnc(N3CCOCC3)c(NCc3cccc(F)c3)c2)c(Cl)cn1. The van der Waals surface area contributed by atoms with Crippen molar-refractivity contribution >= 4 is 23.1 Å². The Morgan fingerprint density at radius 3 is 2.75 bits per heavy atom. The van der Waals surface area contributed by atoms with Gasteiger partial charge in [0, 0.05) is 55.5 Å². The zero-order valence-corrected chi connectivity index (χ0v) is 18.5. The number of ether oxygens (including phenoxy) is 1. The molecule has 3 aromatic rings. The summed E-state index contributed by atoms with van der Waals surface area (Å²) in [7, 11) is 0. The molecule has 8 heteroatoms. The van der Waals surface area contributed by atoms with Crippen LogP contribution in [0.1, 0.15) is 17.7 Å². The van der Waals surface area contributed by atoms with E-state index in [9.17, 15) is 4.39 Å². The van der Waals surface area contributed by atoms with E-state index in [4.69, 9.17) is 26.4 Å². The molecule has 2 aromatic heterocycles. The summed E-state index contributed by atoms with van der Waals surface area (Å²) in [4.78, 5) is 11.3. The van der Waals surface area contributed by atoms with E-state index < -0.39 is 0 Å². The average Bonchev–Trinajstić information content (AvgIpc) is 2.83. The first-order chi connectivity index (χ1) is 15.6. The van der Waals surface area contributed by atoms with Gasteiger partial charge in [-0.05, 0) is 42.7 Å². The molecule has 0 radical (unpaired) electrons. The van der Waals surface area contributed by atoms with Crippen LogP contribution in [-0.2, 0) is 17.7 Å². The van der Waals surface area contributed by atoms with Crippen LogP contribution in [0.2, 0.25) is 5.02 Å². The molecular formula is C24H26ClFN4O2. The van der Waals surface area contributed by atoms with E-state index in [1.807, 2.05) is 24.4 Å². The number of hydrogen-bond acceptors (Lipinski definition) is 6. The first-order valence-corrected chi connectivity index (χ1v) is 11.1. The number of pyridine rings is 2. The second-order valence-corrected chi connectivity index (χ2v) is 8.07. The maximum Gasteiger partial charge on any atom is 0.152 e. The number of morpholine rings is 1. The Hall–Kier alpha value is -2.74. The molecular weight excluding hydrogens is 431 g/mol. The van der Waals surface area contributed by atoms with Crippen LogP contribution in [0.25, 0.3) is 11.1 Å². The quantitative estimate of drug-likeness (QED) is 0.526. The number of aliphatic hydroxyl groups is 1. The highest BCUT2D eigenvalue weighted by Gasteiger charge is 2.18. The molecule has 3 heterocycles. The number of aliphatic hydroxyl groups excluding tert-OH is 1. The molecule has 6 nitrogen and oxygen atoms in total. The number of aromatic nitrogens is 2. The van der Waals surface area contributed by atoms with Crippen molar-refractivity contribution in [2.24, 2.45) is 0 Å². The maximum atomic E-state index is 13.6. The van der Waals surface area contributed by atoms with Crippen LogP contribution in [0.15, 0.2) is 48.8 Å². The topological polar surface area (TPSA) is 70.5 Å². The van der Waals surface area contributed by atoms with E-state index in [2.05, 4.69) is 15.2 Å². The molecule has 0 amide bonds. The highest BCUT2D eigenvalue weighted by Crippen LogP contribution is 2.33. The number of anilines is 2. The van der Waals surface area contributed by atoms with Gasteiger partial charge in [0.25, 0.3) is 0 Å². The van der Waals surface area contributed by atoms with Crippen LogP contribution in [0.5, 0.6) is 0 Å². The van der Waals surface area contributed by atoms with Crippen molar-refractivity contribution in [3.63, 3.8) is 0 Å². The van der Waals surface area contributed by atoms with Gasteiger partial charge < -0.3 is 20.1 Å². The van der Waals surface area contributed by atoms with Crippen molar-refractivity contribution in [2.75, 3.05) is 43.1 Å². The third-order valence-corrected chi connectivity index (χ3v) is 5.66. The summed E-state index contributed by atoms with van der Waals surface area (Å²) in [5.74, 6) is 0.572. The van der Waals surface area contributed by atoms with Crippen LogP contribution in [-0.4, -0.2) is 48.0 Å². The van der Waals surface area contributed by atoms with Gasteiger partial charge in [0.1, 0.15) is 5.82 Å². The highest BCUT2D eigenvalue weighted by atomic mass is 35.5. The minimum absolute atomic E-state index is 0.115. The van der Waals surface area contributed by atoms with Gasteiger partial charge in [0.15, 0.2) is 5.82 Å². The first kappa shape index (κ1) is 22.5. The predicted molar refractivity (Wildman–Crippen MR) is 125 cm³/mol. The molecule has 168 valence electrons. The molecule has 2 N–H and O–H groups in total. The Balaban J connectivity index is 1.66. The Bertz CT molecular complexity index is 1060. The Labute approximate surface area is 192 Å². The number of halogens is 2. The summed E-state index contributed by atoms with van der Waals surface area (Å²) in [5, 5.41) is 13.1. The maximum absolute atomic E-state index is 13.6. The normalized spacial score (nSPS) is 13.9. The summed E-state index contributed by atoms with van der Waals surface area (Å²) in [6.45, 7) is 3.38. The van der Waals surface area contributed by atoms with Crippen LogP contribution < -0.4 is 10.2 Å². The van der Waals surface area contributed by atoms with E-state index in [0.717, 1.165) is 47.0 Å². The lowest BCUT2D eigenvalue weighted by atomic mass is 10.1. The zero-order chi connectivity index (χ0) is 22.3. The molecule has 1 fully saturated rings. The molecule has 32 heavy (non-hydrogen) atoms. The third-order valence-electron chi connectivity index (χ3n) is 5.36. The Kier molecular flexibility index (Phi) is 7.52. The first-order valence-electron chi connectivity index (χ1n) is 10.7. The number of benzene rings is 1. The summed E-state index contributed by atoms with van der Waals surface area (Å²) < 4.78 is 19.1. The van der Waals surface area contributed by atoms with Gasteiger partial charge in [-0.15, -0.1) is 0 Å². The predicted octanol–water partition coefficient (Wildman–Crippen LogP) is 4.31. The number of hydrogen-bond donors (Lipinski definition) is 2. The second kappa shape index (κ2) is 10.7. The zero-order valence-electron chi connectivity index (χ0n) is 17.7. The van der Waals surface area contributed by atoms with E-state index in [1.165, 1.54) is 12.1 Å². The fraction of sp³-hybridized carbons (Fsp3) is 0.333. The molecule has 1 aliphatic heterocycles. The summed E-state index contributed by atoms with van der Waals surface area (Å²) in [6.07, 6.45) is 4.77. The number of nitrogens with zero attached hydrogens (tertiary/aromatic N) is 3. The molecule has 1 aromatic carbocycles. The molecule has 0 bridgehead atoms. The minimum atomic E-state index is -0.261. The summed E-state index contributed by atoms with van der Waals surface area (Å²) in [6, 6.07) is 10.5. The fourth-order valence-corrected chi connectivity index (χ4v) is 3.92. The molecule has 0 atom stereocenters. The van der Waals surface area contributed by atoms with Crippen LogP contribution in [0.4, 0.5) is 15.9 Å². The number of aryl methyl sites for hydroxylation is 1. The van der Waals surface area contributed by atoms with Crippen LogP contribution in [0, 0.1) is 5.82 Å². The van der Waals surface area contributed by atoms with Gasteiger partial charge >= 0.3 is 0 Å². The van der Waals surface area contributed by atoms with Crippen LogP contribution in [0.3, 0.4) is 0 Å². The van der Waals surface area contributed by atoms with E-state index in [0.29, 0.717) is 37.6 Å². The van der Waals surface area contributed by atoms with Crippen molar-refractivity contribution in [3.8, 4) is 11.1 Å². The molecule has 4 rings (SSSR count). The van der Waals surface area contributed by atoms with Gasteiger partial charge in [-0.3, -0.25) is 4.98 Å². The van der Waals surface area contributed by atoms with Crippen molar-refractivity contribution in [1.82, 2.24) is 9.97 Å². The molecule has 1 aliphatic rings. The molecule has 0 spiro atoms. The lowest BCUT2D eigenvalue weighted by molar-refractivity contribution is 0.122. The van der Waals surface area contributed by atoms with Gasteiger partial charge in [0.2, 0.25) is 0 Å². The lowest BCUT2D eigenvalue weighted by Gasteiger charge is -2.30. The van der Waals surface area contributed by atoms with Crippen LogP contribution >= 0.6 is 11.6 Å². The van der Waals surface area contributed by atoms with Gasteiger partial charge in [-0.2, -0.15) is 0 Å². The molecule has 0 unspecified atom stereocenters. The van der Waals surface area contributed by atoms with Crippen molar-refractivity contribution in [3.05, 3.63) is 70.9 Å². The van der Waals surface area contributed by atoms with Crippen molar-refractivity contribution < 1.29 is 14.2 Å². The van der Waals surface area contributed by atoms with E-state index in [1.54, 1.807) is 12.3 Å². The number of rotatable bonds is 8. The van der Waals surface area contributed by atoms with Gasteiger partial charge in [-0.25, -0.2) is 9.37 Å². The van der Waals surface area contributed by atoms with E-state index >= 15 is 0 Å². The van der Waals surface area contributed by atoms with E-state index in [-0.39, 0.29) is 12.4 Å². The minimum Gasteiger partial charge on any atom is -0.396 e. The standard InChI is InChI=1S/C24H26ClFN4O2/c25-22-16-27-20(5-2-8-31)13-21(22)18-12-23(28-14-17-3-1-4-19(26)11-17)24(29-15-18)30-6-9-32-10-7-30/h1,3-4,11-13,15-16,28,31H,2,5-10,14H2. The lowest BCUT2D eigenvalue weighted by Crippen LogP contribution is -2.37. The second-order valence-electron chi connectivity index (χ2n) is 7.66. The van der Waals surface area contributed by atoms with Gasteiger partial charge in [-0.1, -0.05) is 23.7 Å². The largest absolute Gasteiger partial charge is 0.396 e. The molecule has 0 aliphatic carbocycles.